The largest absolute Gasteiger partial charge is 0.341 e. The molecule has 1 aromatic heterocycles. The highest BCUT2D eigenvalue weighted by molar-refractivity contribution is 5.76. The lowest BCUT2D eigenvalue weighted by atomic mass is 10.4. The summed E-state index contributed by atoms with van der Waals surface area (Å²) in [5.41, 5.74) is 6.37. The van der Waals surface area contributed by atoms with Crippen molar-refractivity contribution in [3.05, 3.63) is 24.0 Å². The van der Waals surface area contributed by atoms with Gasteiger partial charge in [0.25, 0.3) is 0 Å². The molecule has 5 heteroatoms. The molecule has 5 nitrogen and oxygen atoms in total. The van der Waals surface area contributed by atoms with E-state index in [1.165, 1.54) is 0 Å². The van der Waals surface area contributed by atoms with Gasteiger partial charge in [-0.05, 0) is 12.1 Å². The van der Waals surface area contributed by atoms with Crippen molar-refractivity contribution < 1.29 is 4.79 Å². The zero-order valence-electron chi connectivity index (χ0n) is 7.73. The van der Waals surface area contributed by atoms with Crippen molar-refractivity contribution in [2.75, 3.05) is 6.54 Å². The van der Waals surface area contributed by atoms with Crippen LogP contribution >= 0.6 is 0 Å². The SMILES string of the molecule is N#CCNC(=O)Cn1cccc1CN. The average molecular weight is 192 g/mol. The van der Waals surface area contributed by atoms with Gasteiger partial charge in [0.2, 0.25) is 5.91 Å². The first-order chi connectivity index (χ1) is 6.77. The molecule has 0 radical (unpaired) electrons. The smallest absolute Gasteiger partial charge is 0.240 e. The normalized spacial score (nSPS) is 9.43. The third-order valence-corrected chi connectivity index (χ3v) is 1.81. The number of nitrogens with two attached hydrogens (primary N) is 1. The molecular weight excluding hydrogens is 180 g/mol. The van der Waals surface area contributed by atoms with Crippen LogP contribution in [0.25, 0.3) is 0 Å². The molecule has 0 aromatic carbocycles. The van der Waals surface area contributed by atoms with Gasteiger partial charge in [0.1, 0.15) is 13.1 Å². The maximum atomic E-state index is 11.2. The summed E-state index contributed by atoms with van der Waals surface area (Å²) in [4.78, 5) is 11.2. The summed E-state index contributed by atoms with van der Waals surface area (Å²) >= 11 is 0. The van der Waals surface area contributed by atoms with Gasteiger partial charge in [-0.15, -0.1) is 0 Å². The van der Waals surface area contributed by atoms with E-state index in [4.69, 9.17) is 11.0 Å². The molecule has 0 aliphatic rings. The Morgan fingerprint density at radius 2 is 2.50 bits per heavy atom. The topological polar surface area (TPSA) is 83.8 Å². The molecular formula is C9H12N4O. The second-order valence-corrected chi connectivity index (χ2v) is 2.77. The van der Waals surface area contributed by atoms with Gasteiger partial charge in [0.15, 0.2) is 0 Å². The Bertz CT molecular complexity index is 350. The van der Waals surface area contributed by atoms with Crippen molar-refractivity contribution in [3.63, 3.8) is 0 Å². The minimum atomic E-state index is -0.183. The molecule has 1 aromatic rings. The third kappa shape index (κ3) is 2.61. The first kappa shape index (κ1) is 10.3. The predicted octanol–water partition coefficient (Wildman–Crippen LogP) is -0.413. The molecule has 0 saturated heterocycles. The fraction of sp³-hybridized carbons (Fsp3) is 0.333. The monoisotopic (exact) mass is 192 g/mol. The van der Waals surface area contributed by atoms with E-state index in [0.717, 1.165) is 5.69 Å². The Kier molecular flexibility index (Phi) is 3.70. The average Bonchev–Trinajstić information content (AvgIpc) is 2.62. The summed E-state index contributed by atoms with van der Waals surface area (Å²) in [5, 5.41) is 10.7. The molecule has 1 heterocycles. The lowest BCUT2D eigenvalue weighted by molar-refractivity contribution is -0.121. The number of amides is 1. The Hall–Kier alpha value is -1.80. The molecule has 0 bridgehead atoms. The summed E-state index contributed by atoms with van der Waals surface area (Å²) < 4.78 is 1.76. The maximum absolute atomic E-state index is 11.2. The summed E-state index contributed by atoms with van der Waals surface area (Å²) in [6, 6.07) is 5.53. The first-order valence-corrected chi connectivity index (χ1v) is 4.25. The Balaban J connectivity index is 2.52. The van der Waals surface area contributed by atoms with E-state index in [-0.39, 0.29) is 19.0 Å². The van der Waals surface area contributed by atoms with Crippen LogP contribution in [0.2, 0.25) is 0 Å². The van der Waals surface area contributed by atoms with Crippen LogP contribution in [-0.4, -0.2) is 17.0 Å². The van der Waals surface area contributed by atoms with Crippen LogP contribution in [0.4, 0.5) is 0 Å². The number of carbonyl (C=O) groups excluding carboxylic acids is 1. The lowest BCUT2D eigenvalue weighted by Gasteiger charge is -2.06. The first-order valence-electron chi connectivity index (χ1n) is 4.25. The van der Waals surface area contributed by atoms with Crippen LogP contribution in [0, 0.1) is 11.3 Å². The van der Waals surface area contributed by atoms with Gasteiger partial charge >= 0.3 is 0 Å². The molecule has 14 heavy (non-hydrogen) atoms. The van der Waals surface area contributed by atoms with Crippen molar-refractivity contribution >= 4 is 5.91 Å². The second kappa shape index (κ2) is 5.04. The highest BCUT2D eigenvalue weighted by atomic mass is 16.1. The zero-order valence-corrected chi connectivity index (χ0v) is 7.73. The van der Waals surface area contributed by atoms with Gasteiger partial charge in [-0.2, -0.15) is 5.26 Å². The number of rotatable bonds is 4. The minimum absolute atomic E-state index is 0.0397. The molecule has 0 unspecified atom stereocenters. The van der Waals surface area contributed by atoms with Crippen molar-refractivity contribution in [3.8, 4) is 6.07 Å². The van der Waals surface area contributed by atoms with Gasteiger partial charge in [-0.25, -0.2) is 0 Å². The standard InChI is InChI=1S/C9H12N4O/c10-3-4-12-9(14)7-13-5-1-2-8(13)6-11/h1-2,5H,4,6-7,11H2,(H,12,14). The van der Waals surface area contributed by atoms with E-state index in [9.17, 15) is 4.79 Å². The van der Waals surface area contributed by atoms with Gasteiger partial charge in [0.05, 0.1) is 6.07 Å². The summed E-state index contributed by atoms with van der Waals surface area (Å²) in [6.07, 6.45) is 1.79. The molecule has 0 aliphatic carbocycles. The minimum Gasteiger partial charge on any atom is -0.341 e. The van der Waals surface area contributed by atoms with Gasteiger partial charge in [-0.3, -0.25) is 4.79 Å². The fourth-order valence-electron chi connectivity index (χ4n) is 1.14. The van der Waals surface area contributed by atoms with E-state index in [1.807, 2.05) is 18.2 Å². The third-order valence-electron chi connectivity index (χ3n) is 1.81. The van der Waals surface area contributed by atoms with Crippen LogP contribution < -0.4 is 11.1 Å². The number of aromatic nitrogens is 1. The van der Waals surface area contributed by atoms with Gasteiger partial charge in [-0.1, -0.05) is 0 Å². The molecule has 0 fully saturated rings. The Morgan fingerprint density at radius 3 is 3.14 bits per heavy atom. The van der Waals surface area contributed by atoms with E-state index < -0.39 is 0 Å². The van der Waals surface area contributed by atoms with E-state index in [1.54, 1.807) is 10.8 Å². The Morgan fingerprint density at radius 1 is 1.71 bits per heavy atom. The molecule has 0 spiro atoms. The van der Waals surface area contributed by atoms with E-state index in [0.29, 0.717) is 6.54 Å². The van der Waals surface area contributed by atoms with Crippen molar-refractivity contribution in [2.24, 2.45) is 5.73 Å². The van der Waals surface area contributed by atoms with Crippen LogP contribution in [0.1, 0.15) is 5.69 Å². The molecule has 0 aliphatic heterocycles. The molecule has 0 atom stereocenters. The Labute approximate surface area is 82.1 Å². The number of hydrogen-bond acceptors (Lipinski definition) is 3. The summed E-state index contributed by atoms with van der Waals surface area (Å²) in [5.74, 6) is -0.183. The zero-order chi connectivity index (χ0) is 10.4. The predicted molar refractivity (Wildman–Crippen MR) is 50.9 cm³/mol. The van der Waals surface area contributed by atoms with E-state index >= 15 is 0 Å². The number of nitrogens with one attached hydrogen (secondary N) is 1. The van der Waals surface area contributed by atoms with Crippen molar-refractivity contribution in [2.45, 2.75) is 13.1 Å². The summed E-state index contributed by atoms with van der Waals surface area (Å²) in [7, 11) is 0. The molecule has 0 saturated carbocycles. The quantitative estimate of drug-likeness (QED) is 0.636. The molecule has 1 rings (SSSR count). The summed E-state index contributed by atoms with van der Waals surface area (Å²) in [6.45, 7) is 0.651. The van der Waals surface area contributed by atoms with Crippen LogP contribution in [0.3, 0.4) is 0 Å². The lowest BCUT2D eigenvalue weighted by Crippen LogP contribution is -2.28. The van der Waals surface area contributed by atoms with Crippen LogP contribution in [0.5, 0.6) is 0 Å². The molecule has 1 amide bonds. The fourth-order valence-corrected chi connectivity index (χ4v) is 1.14. The number of hydrogen-bond donors (Lipinski definition) is 2. The van der Waals surface area contributed by atoms with Crippen molar-refractivity contribution in [1.29, 1.82) is 5.26 Å². The van der Waals surface area contributed by atoms with Crippen LogP contribution in [0.15, 0.2) is 18.3 Å². The van der Waals surface area contributed by atoms with Gasteiger partial charge < -0.3 is 15.6 Å². The highest BCUT2D eigenvalue weighted by Gasteiger charge is 2.03. The van der Waals surface area contributed by atoms with Crippen LogP contribution in [-0.2, 0) is 17.9 Å². The van der Waals surface area contributed by atoms with Gasteiger partial charge in [0, 0.05) is 18.4 Å². The maximum Gasteiger partial charge on any atom is 0.240 e. The molecule has 3 N–H and O–H groups in total. The van der Waals surface area contributed by atoms with E-state index in [2.05, 4.69) is 5.32 Å². The van der Waals surface area contributed by atoms with Crippen molar-refractivity contribution in [1.82, 2.24) is 9.88 Å². The number of carbonyl (C=O) groups is 1. The number of nitrogens with zero attached hydrogens (tertiary/aromatic N) is 2. The molecule has 74 valence electrons. The highest BCUT2D eigenvalue weighted by Crippen LogP contribution is 2.00. The number of nitriles is 1. The second-order valence-electron chi connectivity index (χ2n) is 2.77.